The van der Waals surface area contributed by atoms with Crippen LogP contribution in [0, 0.1) is 0 Å². The molecule has 0 aliphatic carbocycles. The molecule has 1 aromatic carbocycles. The van der Waals surface area contributed by atoms with Crippen molar-refractivity contribution >= 4 is 48.7 Å². The van der Waals surface area contributed by atoms with Crippen molar-refractivity contribution in [3.05, 3.63) is 32.8 Å². The Kier molecular flexibility index (Phi) is 3.86. The average Bonchev–Trinajstić information content (AvgIpc) is 2.69. The van der Waals surface area contributed by atoms with Crippen molar-refractivity contribution in [3.8, 4) is 0 Å². The van der Waals surface area contributed by atoms with Gasteiger partial charge in [-0.15, -0.1) is 0 Å². The summed E-state index contributed by atoms with van der Waals surface area (Å²) in [4.78, 5) is 14.8. The van der Waals surface area contributed by atoms with E-state index < -0.39 is 0 Å². The van der Waals surface area contributed by atoms with E-state index in [4.69, 9.17) is 5.11 Å². The van der Waals surface area contributed by atoms with Crippen LogP contribution in [0.4, 0.5) is 0 Å². The van der Waals surface area contributed by atoms with E-state index >= 15 is 0 Å². The first-order chi connectivity index (χ1) is 8.13. The van der Waals surface area contributed by atoms with Gasteiger partial charge >= 0.3 is 0 Å². The van der Waals surface area contributed by atoms with E-state index in [1.165, 1.54) is 0 Å². The lowest BCUT2D eigenvalue weighted by Crippen LogP contribution is -2.26. The summed E-state index contributed by atoms with van der Waals surface area (Å²) >= 11 is 6.81. The maximum absolute atomic E-state index is 11.8. The lowest BCUT2D eigenvalue weighted by Gasteiger charge is -2.02. The van der Waals surface area contributed by atoms with E-state index in [2.05, 4.69) is 42.2 Å². The third kappa shape index (κ3) is 2.53. The first kappa shape index (κ1) is 12.6. The minimum atomic E-state index is -0.195. The van der Waals surface area contributed by atoms with Gasteiger partial charge in [0.1, 0.15) is 0 Å². The standard InChI is InChI=1S/C11H10Br2N2O2/c12-8-3-6-7(11(17)14-1-2-16)5-15-10(6)4-9(8)13/h3-5,15-16H,1-2H2,(H,14,17). The number of aromatic nitrogens is 1. The van der Waals surface area contributed by atoms with Gasteiger partial charge < -0.3 is 15.4 Å². The molecule has 2 rings (SSSR count). The zero-order valence-electron chi connectivity index (χ0n) is 8.76. The maximum atomic E-state index is 11.8. The number of aromatic amines is 1. The molecule has 0 aliphatic rings. The molecule has 0 atom stereocenters. The van der Waals surface area contributed by atoms with Crippen molar-refractivity contribution < 1.29 is 9.90 Å². The molecule has 0 aliphatic heterocycles. The van der Waals surface area contributed by atoms with Crippen LogP contribution in [-0.4, -0.2) is 29.1 Å². The highest BCUT2D eigenvalue weighted by atomic mass is 79.9. The number of carbonyl (C=O) groups excluding carboxylic acids is 1. The van der Waals surface area contributed by atoms with Crippen LogP contribution < -0.4 is 5.32 Å². The number of fused-ring (bicyclic) bond motifs is 1. The lowest BCUT2D eigenvalue weighted by molar-refractivity contribution is 0.0946. The monoisotopic (exact) mass is 360 g/mol. The van der Waals surface area contributed by atoms with Gasteiger partial charge in [-0.3, -0.25) is 4.79 Å². The van der Waals surface area contributed by atoms with E-state index in [-0.39, 0.29) is 19.1 Å². The van der Waals surface area contributed by atoms with Crippen LogP contribution in [0.1, 0.15) is 10.4 Å². The molecule has 0 bridgehead atoms. The Morgan fingerprint density at radius 3 is 2.76 bits per heavy atom. The van der Waals surface area contributed by atoms with Gasteiger partial charge in [0, 0.05) is 32.6 Å². The van der Waals surface area contributed by atoms with Gasteiger partial charge in [0.25, 0.3) is 5.91 Å². The quantitative estimate of drug-likeness (QED) is 0.786. The van der Waals surface area contributed by atoms with Crippen molar-refractivity contribution in [1.29, 1.82) is 0 Å². The Morgan fingerprint density at radius 2 is 2.06 bits per heavy atom. The fourth-order valence-electron chi connectivity index (χ4n) is 1.57. The fourth-order valence-corrected chi connectivity index (χ4v) is 2.26. The number of amides is 1. The van der Waals surface area contributed by atoms with Crippen LogP contribution in [-0.2, 0) is 0 Å². The molecule has 2 aromatic rings. The van der Waals surface area contributed by atoms with Gasteiger partial charge in [-0.05, 0) is 44.0 Å². The van der Waals surface area contributed by atoms with E-state index in [1.807, 2.05) is 12.1 Å². The molecular formula is C11H10Br2N2O2. The molecule has 1 amide bonds. The number of nitrogens with one attached hydrogen (secondary N) is 2. The van der Waals surface area contributed by atoms with Gasteiger partial charge in [0.15, 0.2) is 0 Å². The van der Waals surface area contributed by atoms with E-state index in [0.717, 1.165) is 19.8 Å². The zero-order chi connectivity index (χ0) is 12.4. The number of carbonyl (C=O) groups is 1. The van der Waals surface area contributed by atoms with Crippen molar-refractivity contribution in [2.75, 3.05) is 13.2 Å². The summed E-state index contributed by atoms with van der Waals surface area (Å²) in [6, 6.07) is 3.78. The second kappa shape index (κ2) is 5.20. The van der Waals surface area contributed by atoms with Crippen LogP contribution in [0.15, 0.2) is 27.3 Å². The van der Waals surface area contributed by atoms with Crippen molar-refractivity contribution in [2.24, 2.45) is 0 Å². The van der Waals surface area contributed by atoms with Crippen LogP contribution >= 0.6 is 31.9 Å². The van der Waals surface area contributed by atoms with Gasteiger partial charge in [0.2, 0.25) is 0 Å². The second-order valence-corrected chi connectivity index (χ2v) is 5.20. The summed E-state index contributed by atoms with van der Waals surface area (Å²) in [7, 11) is 0. The molecule has 0 fully saturated rings. The molecule has 1 aromatic heterocycles. The molecule has 0 unspecified atom stereocenters. The van der Waals surface area contributed by atoms with Crippen LogP contribution in [0.25, 0.3) is 10.9 Å². The van der Waals surface area contributed by atoms with E-state index in [1.54, 1.807) is 6.20 Å². The number of aliphatic hydroxyl groups excluding tert-OH is 1. The molecule has 4 nitrogen and oxygen atoms in total. The highest BCUT2D eigenvalue weighted by Crippen LogP contribution is 2.29. The number of halogens is 2. The summed E-state index contributed by atoms with van der Waals surface area (Å²) < 4.78 is 1.81. The minimum absolute atomic E-state index is 0.0661. The summed E-state index contributed by atoms with van der Waals surface area (Å²) in [5.74, 6) is -0.195. The van der Waals surface area contributed by atoms with Crippen molar-refractivity contribution in [2.45, 2.75) is 0 Å². The number of aliphatic hydroxyl groups is 1. The van der Waals surface area contributed by atoms with Crippen LogP contribution in [0.5, 0.6) is 0 Å². The van der Waals surface area contributed by atoms with Crippen molar-refractivity contribution in [3.63, 3.8) is 0 Å². The van der Waals surface area contributed by atoms with Crippen LogP contribution in [0.2, 0.25) is 0 Å². The predicted molar refractivity (Wildman–Crippen MR) is 73.1 cm³/mol. The van der Waals surface area contributed by atoms with Gasteiger partial charge in [0.05, 0.1) is 12.2 Å². The molecule has 1 heterocycles. The second-order valence-electron chi connectivity index (χ2n) is 3.49. The zero-order valence-corrected chi connectivity index (χ0v) is 11.9. The van der Waals surface area contributed by atoms with Crippen LogP contribution in [0.3, 0.4) is 0 Å². The molecule has 17 heavy (non-hydrogen) atoms. The Labute approximate surface area is 115 Å². The van der Waals surface area contributed by atoms with E-state index in [0.29, 0.717) is 5.56 Å². The normalized spacial score (nSPS) is 10.8. The third-order valence-corrected chi connectivity index (χ3v) is 4.21. The van der Waals surface area contributed by atoms with Gasteiger partial charge in [-0.2, -0.15) is 0 Å². The van der Waals surface area contributed by atoms with Crippen molar-refractivity contribution in [1.82, 2.24) is 10.3 Å². The SMILES string of the molecule is O=C(NCCO)c1c[nH]c2cc(Br)c(Br)cc12. The third-order valence-electron chi connectivity index (χ3n) is 2.36. The highest BCUT2D eigenvalue weighted by molar-refractivity contribution is 9.13. The Balaban J connectivity index is 2.42. The number of hydrogen-bond acceptors (Lipinski definition) is 2. The molecule has 0 saturated carbocycles. The Bertz CT molecular complexity index is 566. The minimum Gasteiger partial charge on any atom is -0.395 e. The average molecular weight is 362 g/mol. The van der Waals surface area contributed by atoms with E-state index in [9.17, 15) is 4.79 Å². The summed E-state index contributed by atoms with van der Waals surface area (Å²) in [6.07, 6.45) is 1.66. The lowest BCUT2D eigenvalue weighted by atomic mass is 10.1. The number of benzene rings is 1. The molecule has 0 spiro atoms. The Morgan fingerprint density at radius 1 is 1.35 bits per heavy atom. The smallest absolute Gasteiger partial charge is 0.253 e. The Hall–Kier alpha value is -0.850. The van der Waals surface area contributed by atoms with Gasteiger partial charge in [-0.25, -0.2) is 0 Å². The molecule has 3 N–H and O–H groups in total. The highest BCUT2D eigenvalue weighted by Gasteiger charge is 2.12. The predicted octanol–water partition coefficient (Wildman–Crippen LogP) is 2.42. The molecule has 0 saturated heterocycles. The molecule has 6 heteroatoms. The van der Waals surface area contributed by atoms with Gasteiger partial charge in [-0.1, -0.05) is 0 Å². The molecule has 0 radical (unpaired) electrons. The number of H-pyrrole nitrogens is 1. The fraction of sp³-hybridized carbons (Fsp3) is 0.182. The first-order valence-electron chi connectivity index (χ1n) is 4.98. The molecular weight excluding hydrogens is 352 g/mol. The topological polar surface area (TPSA) is 65.1 Å². The summed E-state index contributed by atoms with van der Waals surface area (Å²) in [5.41, 5.74) is 1.45. The molecule has 90 valence electrons. The first-order valence-corrected chi connectivity index (χ1v) is 6.57. The number of hydrogen-bond donors (Lipinski definition) is 3. The summed E-state index contributed by atoms with van der Waals surface area (Å²) in [5, 5.41) is 12.1. The number of rotatable bonds is 3. The maximum Gasteiger partial charge on any atom is 0.253 e. The largest absolute Gasteiger partial charge is 0.395 e. The summed E-state index contributed by atoms with van der Waals surface area (Å²) in [6.45, 7) is 0.187.